The first-order valence-corrected chi connectivity index (χ1v) is 6.59. The number of rotatable bonds is 3. The van der Waals surface area contributed by atoms with Gasteiger partial charge in [-0.1, -0.05) is 26.8 Å². The van der Waals surface area contributed by atoms with Gasteiger partial charge in [0.05, 0.1) is 0 Å². The van der Waals surface area contributed by atoms with Crippen molar-refractivity contribution in [3.05, 3.63) is 28.5 Å². The van der Waals surface area contributed by atoms with Crippen LogP contribution in [0.1, 0.15) is 40.3 Å². The van der Waals surface area contributed by atoms with Gasteiger partial charge in [0.2, 0.25) is 4.80 Å². The zero-order chi connectivity index (χ0) is 13.1. The summed E-state index contributed by atoms with van der Waals surface area (Å²) in [7, 11) is 0. The monoisotopic (exact) mass is 251 g/mol. The van der Waals surface area contributed by atoms with Crippen LogP contribution in [0.3, 0.4) is 0 Å². The molecule has 0 aliphatic carbocycles. The Balaban J connectivity index is 3.34. The molecule has 1 aromatic heterocycles. The maximum Gasteiger partial charge on any atom is 0.211 e. The molecule has 0 saturated heterocycles. The molecule has 3 nitrogen and oxygen atoms in total. The number of hydrogen-bond acceptors (Lipinski definition) is 3. The van der Waals surface area contributed by atoms with Gasteiger partial charge in [-0.2, -0.15) is 5.10 Å². The Kier molecular flexibility index (Phi) is 4.46. The smallest absolute Gasteiger partial charge is 0.211 e. The molecule has 0 saturated carbocycles. The summed E-state index contributed by atoms with van der Waals surface area (Å²) in [4.78, 5) is 0.927. The first-order chi connectivity index (χ1) is 7.86. The third kappa shape index (κ3) is 3.66. The number of aromatic nitrogens is 1. The molecule has 17 heavy (non-hydrogen) atoms. The van der Waals surface area contributed by atoms with Gasteiger partial charge in [0.25, 0.3) is 0 Å². The third-order valence-corrected chi connectivity index (χ3v) is 3.07. The van der Waals surface area contributed by atoms with E-state index >= 15 is 0 Å². The quantitative estimate of drug-likeness (QED) is 0.448. The van der Waals surface area contributed by atoms with Gasteiger partial charge < -0.3 is 4.57 Å². The fraction of sp³-hybridized carbons (Fsp3) is 0.538. The first kappa shape index (κ1) is 13.9. The molecule has 0 aliphatic heterocycles. The van der Waals surface area contributed by atoms with Crippen LogP contribution in [-0.4, -0.2) is 10.3 Å². The van der Waals surface area contributed by atoms with Crippen molar-refractivity contribution in [2.45, 2.75) is 46.6 Å². The van der Waals surface area contributed by atoms with E-state index in [-0.39, 0.29) is 5.41 Å². The highest BCUT2D eigenvalue weighted by Crippen LogP contribution is 2.22. The predicted octanol–water partition coefficient (Wildman–Crippen LogP) is 3.33. The van der Waals surface area contributed by atoms with Crippen molar-refractivity contribution in [1.29, 1.82) is 0 Å². The topological polar surface area (TPSA) is 29.6 Å². The Morgan fingerprint density at radius 1 is 1.47 bits per heavy atom. The van der Waals surface area contributed by atoms with E-state index in [1.165, 1.54) is 5.69 Å². The minimum absolute atomic E-state index is 0.109. The first-order valence-electron chi connectivity index (χ1n) is 5.71. The Labute approximate surface area is 107 Å². The minimum atomic E-state index is 0.109. The van der Waals surface area contributed by atoms with Crippen LogP contribution < -0.4 is 4.80 Å². The van der Waals surface area contributed by atoms with Crippen molar-refractivity contribution in [2.24, 2.45) is 10.2 Å². The van der Waals surface area contributed by atoms with Gasteiger partial charge in [-0.05, 0) is 13.8 Å². The van der Waals surface area contributed by atoms with Crippen molar-refractivity contribution in [3.63, 3.8) is 0 Å². The van der Waals surface area contributed by atoms with E-state index in [4.69, 9.17) is 0 Å². The van der Waals surface area contributed by atoms with Crippen molar-refractivity contribution >= 4 is 17.0 Å². The number of allylic oxidation sites excluding steroid dienone is 1. The highest BCUT2D eigenvalue weighted by molar-refractivity contribution is 7.07. The van der Waals surface area contributed by atoms with Gasteiger partial charge in [-0.3, -0.25) is 0 Å². The van der Waals surface area contributed by atoms with Crippen LogP contribution in [0.25, 0.3) is 0 Å². The average Bonchev–Trinajstić information content (AvgIpc) is 2.58. The van der Waals surface area contributed by atoms with Crippen LogP contribution in [0.5, 0.6) is 0 Å². The highest BCUT2D eigenvalue weighted by atomic mass is 32.1. The van der Waals surface area contributed by atoms with Crippen molar-refractivity contribution in [3.8, 4) is 0 Å². The Morgan fingerprint density at radius 2 is 2.12 bits per heavy atom. The summed E-state index contributed by atoms with van der Waals surface area (Å²) >= 11 is 1.63. The fourth-order valence-corrected chi connectivity index (χ4v) is 2.53. The molecule has 94 valence electrons. The molecule has 1 aromatic rings. The third-order valence-electron chi connectivity index (χ3n) is 2.21. The van der Waals surface area contributed by atoms with E-state index < -0.39 is 0 Å². The largest absolute Gasteiger partial charge is 0.315 e. The molecule has 0 unspecified atom stereocenters. The summed E-state index contributed by atoms with van der Waals surface area (Å²) in [6.07, 6.45) is 1.89. The molecule has 0 bridgehead atoms. The summed E-state index contributed by atoms with van der Waals surface area (Å²) in [5, 5.41) is 10.6. The fourth-order valence-electron chi connectivity index (χ4n) is 1.45. The van der Waals surface area contributed by atoms with Gasteiger partial charge in [0.15, 0.2) is 0 Å². The molecular formula is C13H21N3S. The number of thiazole rings is 1. The van der Waals surface area contributed by atoms with Crippen LogP contribution >= 0.6 is 11.3 Å². The summed E-state index contributed by atoms with van der Waals surface area (Å²) in [5.74, 6) is 0. The molecule has 4 heteroatoms. The second-order valence-electron chi connectivity index (χ2n) is 5.20. The van der Waals surface area contributed by atoms with Crippen LogP contribution in [-0.2, 0) is 12.0 Å². The zero-order valence-electron chi connectivity index (χ0n) is 11.3. The average molecular weight is 251 g/mol. The molecule has 0 radical (unpaired) electrons. The van der Waals surface area contributed by atoms with Gasteiger partial charge in [0.1, 0.15) is 0 Å². The minimum Gasteiger partial charge on any atom is -0.315 e. The molecule has 0 amide bonds. The van der Waals surface area contributed by atoms with E-state index in [9.17, 15) is 0 Å². The second kappa shape index (κ2) is 5.45. The Hall–Kier alpha value is -1.16. The summed E-state index contributed by atoms with van der Waals surface area (Å²) < 4.78 is 2.17. The lowest BCUT2D eigenvalue weighted by Crippen LogP contribution is -2.23. The number of nitrogens with zero attached hydrogens (tertiary/aromatic N) is 3. The molecule has 1 rings (SSSR count). The lowest BCUT2D eigenvalue weighted by Gasteiger charge is -2.20. The van der Waals surface area contributed by atoms with E-state index in [2.05, 4.69) is 47.5 Å². The van der Waals surface area contributed by atoms with Gasteiger partial charge in [0, 0.05) is 28.7 Å². The molecule has 1 heterocycles. The van der Waals surface area contributed by atoms with Crippen LogP contribution in [0.15, 0.2) is 28.2 Å². The van der Waals surface area contributed by atoms with Gasteiger partial charge in [-0.15, -0.1) is 23.0 Å². The molecule has 0 spiro atoms. The SMILES string of the molecule is C=CCn1c(C(C)(C)C)cs/c1=N\N=C(C)C. The zero-order valence-corrected chi connectivity index (χ0v) is 12.1. The highest BCUT2D eigenvalue weighted by Gasteiger charge is 2.19. The second-order valence-corrected chi connectivity index (χ2v) is 6.04. The molecule has 0 fully saturated rings. The number of hydrogen-bond donors (Lipinski definition) is 0. The van der Waals surface area contributed by atoms with E-state index in [0.29, 0.717) is 0 Å². The van der Waals surface area contributed by atoms with Crippen LogP contribution in [0, 0.1) is 0 Å². The summed E-state index contributed by atoms with van der Waals surface area (Å²) in [6, 6.07) is 0. The molecule has 0 aliphatic rings. The standard InChI is InChI=1S/C13H21N3S/c1-7-8-16-11(13(4,5)6)9-17-12(16)15-14-10(2)3/h7,9H,1,8H2,2-6H3/b15-12-. The lowest BCUT2D eigenvalue weighted by molar-refractivity contribution is 0.526. The maximum atomic E-state index is 4.28. The van der Waals surface area contributed by atoms with Gasteiger partial charge in [-0.25, -0.2) is 0 Å². The predicted molar refractivity (Wildman–Crippen MR) is 75.6 cm³/mol. The Bertz CT molecular complexity index is 479. The normalized spacial score (nSPS) is 12.6. The molecule has 0 atom stereocenters. The van der Waals surface area contributed by atoms with Gasteiger partial charge >= 0.3 is 0 Å². The molecule has 0 aromatic carbocycles. The van der Waals surface area contributed by atoms with Crippen molar-refractivity contribution in [2.75, 3.05) is 0 Å². The molecule has 0 N–H and O–H groups in total. The van der Waals surface area contributed by atoms with Crippen molar-refractivity contribution in [1.82, 2.24) is 4.57 Å². The van der Waals surface area contributed by atoms with E-state index in [1.54, 1.807) is 11.3 Å². The Morgan fingerprint density at radius 3 is 2.59 bits per heavy atom. The van der Waals surface area contributed by atoms with Crippen LogP contribution in [0.4, 0.5) is 0 Å². The lowest BCUT2D eigenvalue weighted by atomic mass is 9.93. The van der Waals surface area contributed by atoms with Crippen molar-refractivity contribution < 1.29 is 0 Å². The maximum absolute atomic E-state index is 4.28. The van der Waals surface area contributed by atoms with E-state index in [1.807, 2.05) is 19.9 Å². The summed E-state index contributed by atoms with van der Waals surface area (Å²) in [5.41, 5.74) is 2.34. The van der Waals surface area contributed by atoms with Crippen LogP contribution in [0.2, 0.25) is 0 Å². The molecular weight excluding hydrogens is 230 g/mol. The van der Waals surface area contributed by atoms with E-state index in [0.717, 1.165) is 17.1 Å². The summed E-state index contributed by atoms with van der Waals surface area (Å²) in [6.45, 7) is 15.1.